The van der Waals surface area contributed by atoms with Crippen LogP contribution in [-0.4, -0.2) is 40.9 Å². The van der Waals surface area contributed by atoms with Crippen molar-refractivity contribution in [1.82, 2.24) is 10.2 Å². The van der Waals surface area contributed by atoms with Gasteiger partial charge in [0.1, 0.15) is 5.69 Å². The molecule has 1 aliphatic heterocycles. The first-order valence-corrected chi connectivity index (χ1v) is 9.75. The van der Waals surface area contributed by atoms with Crippen LogP contribution in [0.3, 0.4) is 0 Å². The van der Waals surface area contributed by atoms with Gasteiger partial charge in [-0.05, 0) is 49.9 Å². The van der Waals surface area contributed by atoms with Gasteiger partial charge in [-0.3, -0.25) is 14.9 Å². The Hall–Kier alpha value is -2.93. The Morgan fingerprint density at radius 3 is 2.39 bits per heavy atom. The zero-order valence-corrected chi connectivity index (χ0v) is 15.6. The fourth-order valence-electron chi connectivity index (χ4n) is 3.72. The van der Waals surface area contributed by atoms with Gasteiger partial charge < -0.3 is 15.5 Å². The summed E-state index contributed by atoms with van der Waals surface area (Å²) in [5.41, 5.74) is 1.32. The number of piperidine rings is 1. The molecule has 0 atom stereocenters. The number of nitrogens with one attached hydrogen (secondary N) is 2. The second-order valence-electron chi connectivity index (χ2n) is 7.49. The molecule has 1 heterocycles. The van der Waals surface area contributed by atoms with Crippen LogP contribution < -0.4 is 10.6 Å². The lowest BCUT2D eigenvalue weighted by Crippen LogP contribution is -2.45. The van der Waals surface area contributed by atoms with Gasteiger partial charge in [-0.1, -0.05) is 18.2 Å². The molecule has 2 aromatic carbocycles. The highest BCUT2D eigenvalue weighted by molar-refractivity contribution is 5.96. The Balaban J connectivity index is 1.43. The molecule has 0 unspecified atom stereocenters. The average molecular weight is 380 g/mol. The minimum Gasteiger partial charge on any atom is -0.350 e. The van der Waals surface area contributed by atoms with E-state index < -0.39 is 4.92 Å². The van der Waals surface area contributed by atoms with Crippen molar-refractivity contribution in [3.05, 3.63) is 64.2 Å². The van der Waals surface area contributed by atoms with E-state index in [2.05, 4.69) is 15.5 Å². The van der Waals surface area contributed by atoms with Crippen LogP contribution in [0.5, 0.6) is 0 Å². The fraction of sp³-hybridized carbons (Fsp3) is 0.381. The van der Waals surface area contributed by atoms with Gasteiger partial charge in [0.2, 0.25) is 0 Å². The average Bonchev–Trinajstić information content (AvgIpc) is 3.55. The summed E-state index contributed by atoms with van der Waals surface area (Å²) in [4.78, 5) is 26.2. The third kappa shape index (κ3) is 4.31. The molecule has 2 N–H and O–H groups in total. The summed E-state index contributed by atoms with van der Waals surface area (Å²) in [5, 5.41) is 17.6. The predicted octanol–water partition coefficient (Wildman–Crippen LogP) is 3.70. The van der Waals surface area contributed by atoms with Gasteiger partial charge in [-0.2, -0.15) is 0 Å². The Kier molecular flexibility index (Phi) is 5.25. The van der Waals surface area contributed by atoms with E-state index in [9.17, 15) is 14.9 Å². The highest BCUT2D eigenvalue weighted by atomic mass is 16.6. The van der Waals surface area contributed by atoms with Gasteiger partial charge >= 0.3 is 0 Å². The van der Waals surface area contributed by atoms with Crippen LogP contribution >= 0.6 is 0 Å². The number of carbonyl (C=O) groups excluding carboxylic acids is 1. The summed E-state index contributed by atoms with van der Waals surface area (Å²) < 4.78 is 0. The van der Waals surface area contributed by atoms with E-state index in [1.165, 1.54) is 18.9 Å². The molecule has 0 spiro atoms. The van der Waals surface area contributed by atoms with E-state index in [-0.39, 0.29) is 17.6 Å². The first-order valence-electron chi connectivity index (χ1n) is 9.75. The normalized spacial score (nSPS) is 17.9. The zero-order chi connectivity index (χ0) is 19.5. The lowest BCUT2D eigenvalue weighted by Gasteiger charge is -2.32. The van der Waals surface area contributed by atoms with Crippen molar-refractivity contribution in [3.63, 3.8) is 0 Å². The van der Waals surface area contributed by atoms with E-state index in [4.69, 9.17) is 0 Å². The third-order valence-electron chi connectivity index (χ3n) is 5.44. The largest absolute Gasteiger partial charge is 0.350 e. The van der Waals surface area contributed by atoms with Gasteiger partial charge in [-0.15, -0.1) is 0 Å². The number of anilines is 2. The quantitative estimate of drug-likeness (QED) is 0.589. The summed E-state index contributed by atoms with van der Waals surface area (Å²) in [6.45, 7) is 2.02. The molecule has 28 heavy (non-hydrogen) atoms. The van der Waals surface area contributed by atoms with E-state index in [1.54, 1.807) is 12.1 Å². The highest BCUT2D eigenvalue weighted by Gasteiger charge is 2.32. The third-order valence-corrected chi connectivity index (χ3v) is 5.44. The van der Waals surface area contributed by atoms with Crippen LogP contribution in [0.1, 0.15) is 36.0 Å². The number of para-hydroxylation sites is 1. The van der Waals surface area contributed by atoms with Crippen LogP contribution in [0.4, 0.5) is 17.1 Å². The Labute approximate surface area is 163 Å². The van der Waals surface area contributed by atoms with Crippen molar-refractivity contribution in [2.24, 2.45) is 0 Å². The monoisotopic (exact) mass is 380 g/mol. The van der Waals surface area contributed by atoms with Crippen LogP contribution in [0.15, 0.2) is 48.5 Å². The maximum absolute atomic E-state index is 12.6. The predicted molar refractivity (Wildman–Crippen MR) is 108 cm³/mol. The molecular formula is C21H24N4O3. The standard InChI is InChI=1S/C21H24N4O3/c26-21(23-17-10-12-24(13-11-17)18-7-8-18)15-6-9-19(20(14-15)25(27)28)22-16-4-2-1-3-5-16/h1-6,9,14,17-18,22H,7-8,10-13H2,(H,23,26). The number of hydrogen-bond donors (Lipinski definition) is 2. The smallest absolute Gasteiger partial charge is 0.293 e. The first kappa shape index (κ1) is 18.4. The second-order valence-corrected chi connectivity index (χ2v) is 7.49. The number of rotatable bonds is 6. The van der Waals surface area contributed by atoms with Gasteiger partial charge in [0, 0.05) is 42.5 Å². The minimum absolute atomic E-state index is 0.111. The molecular weight excluding hydrogens is 356 g/mol. The number of likely N-dealkylation sites (tertiary alicyclic amines) is 1. The zero-order valence-electron chi connectivity index (χ0n) is 15.6. The summed E-state index contributed by atoms with van der Waals surface area (Å²) in [5.74, 6) is -0.251. The summed E-state index contributed by atoms with van der Waals surface area (Å²) in [7, 11) is 0. The molecule has 0 radical (unpaired) electrons. The van der Waals surface area contributed by atoms with Gasteiger partial charge in [-0.25, -0.2) is 0 Å². The van der Waals surface area contributed by atoms with E-state index in [0.29, 0.717) is 11.3 Å². The SMILES string of the molecule is O=C(NC1CCN(C2CC2)CC1)c1ccc(Nc2ccccc2)c([N+](=O)[O-])c1. The molecule has 7 heteroatoms. The molecule has 0 aromatic heterocycles. The van der Waals surface area contributed by atoms with Gasteiger partial charge in [0.15, 0.2) is 0 Å². The summed E-state index contributed by atoms with van der Waals surface area (Å²) in [6, 6.07) is 14.7. The van der Waals surface area contributed by atoms with Crippen molar-refractivity contribution in [2.75, 3.05) is 18.4 Å². The van der Waals surface area contributed by atoms with E-state index >= 15 is 0 Å². The lowest BCUT2D eigenvalue weighted by atomic mass is 10.0. The molecule has 146 valence electrons. The molecule has 1 saturated heterocycles. The number of hydrogen-bond acceptors (Lipinski definition) is 5. The number of nitrogens with zero attached hydrogens (tertiary/aromatic N) is 2. The van der Waals surface area contributed by atoms with Crippen LogP contribution in [0.2, 0.25) is 0 Å². The molecule has 1 amide bonds. The van der Waals surface area contributed by atoms with Crippen molar-refractivity contribution in [2.45, 2.75) is 37.8 Å². The van der Waals surface area contributed by atoms with Crippen molar-refractivity contribution < 1.29 is 9.72 Å². The van der Waals surface area contributed by atoms with Gasteiger partial charge in [0.05, 0.1) is 4.92 Å². The minimum atomic E-state index is -0.462. The van der Waals surface area contributed by atoms with Crippen LogP contribution in [0.25, 0.3) is 0 Å². The van der Waals surface area contributed by atoms with Gasteiger partial charge in [0.25, 0.3) is 11.6 Å². The fourth-order valence-corrected chi connectivity index (χ4v) is 3.72. The molecule has 0 bridgehead atoms. The number of carbonyl (C=O) groups is 1. The molecule has 1 saturated carbocycles. The molecule has 4 rings (SSSR count). The van der Waals surface area contributed by atoms with Crippen LogP contribution in [0, 0.1) is 10.1 Å². The maximum Gasteiger partial charge on any atom is 0.293 e. The molecule has 2 fully saturated rings. The lowest BCUT2D eigenvalue weighted by molar-refractivity contribution is -0.383. The summed E-state index contributed by atoms with van der Waals surface area (Å²) in [6.07, 6.45) is 4.45. The number of amides is 1. The van der Waals surface area contributed by atoms with Crippen LogP contribution in [-0.2, 0) is 0 Å². The molecule has 2 aromatic rings. The van der Waals surface area contributed by atoms with Crippen molar-refractivity contribution in [1.29, 1.82) is 0 Å². The Morgan fingerprint density at radius 1 is 1.04 bits per heavy atom. The number of nitro groups is 1. The molecule has 1 aliphatic carbocycles. The Morgan fingerprint density at radius 2 is 1.75 bits per heavy atom. The molecule has 2 aliphatic rings. The Bertz CT molecular complexity index is 859. The van der Waals surface area contributed by atoms with E-state index in [1.807, 2.05) is 30.3 Å². The highest BCUT2D eigenvalue weighted by Crippen LogP contribution is 2.30. The second kappa shape index (κ2) is 7.98. The summed E-state index contributed by atoms with van der Waals surface area (Å²) >= 11 is 0. The number of nitro benzene ring substituents is 1. The first-order chi connectivity index (χ1) is 13.6. The van der Waals surface area contributed by atoms with E-state index in [0.717, 1.165) is 37.7 Å². The maximum atomic E-state index is 12.6. The molecule has 7 nitrogen and oxygen atoms in total. The topological polar surface area (TPSA) is 87.5 Å². The van der Waals surface area contributed by atoms with Crippen molar-refractivity contribution in [3.8, 4) is 0 Å². The number of benzene rings is 2. The van der Waals surface area contributed by atoms with Crippen molar-refractivity contribution >= 4 is 23.0 Å².